The fourth-order valence-electron chi connectivity index (χ4n) is 0.852. The van der Waals surface area contributed by atoms with Crippen molar-refractivity contribution in [1.82, 2.24) is 0 Å². The molecule has 0 saturated carbocycles. The van der Waals surface area contributed by atoms with E-state index in [0.717, 1.165) is 5.56 Å². The van der Waals surface area contributed by atoms with E-state index < -0.39 is 15.0 Å². The van der Waals surface area contributed by atoms with Gasteiger partial charge in [-0.05, 0) is 18.6 Å². The fraction of sp³-hybridized carbons (Fsp3) is 0.250. The van der Waals surface area contributed by atoms with E-state index in [-0.39, 0.29) is 0 Å². The summed E-state index contributed by atoms with van der Waals surface area (Å²) in [6.07, 6.45) is 0. The molecule has 0 atom stereocenters. The minimum Gasteiger partial charge on any atom is -0.476 e. The quantitative estimate of drug-likeness (QED) is 0.731. The third kappa shape index (κ3) is 3.65. The maximum absolute atomic E-state index is 10.6. The van der Waals surface area contributed by atoms with Gasteiger partial charge in [-0.2, -0.15) is 0 Å². The number of rotatable bonds is 3. The summed E-state index contributed by atoms with van der Waals surface area (Å²) >= 11 is 0. The summed E-state index contributed by atoms with van der Waals surface area (Å²) in [5, 5.41) is 0. The number of halogens is 1. The van der Waals surface area contributed by atoms with Crippen LogP contribution in [0.5, 0.6) is 5.75 Å². The first-order valence-electron chi connectivity index (χ1n) is 3.60. The van der Waals surface area contributed by atoms with Crippen molar-refractivity contribution in [3.8, 4) is 5.75 Å². The van der Waals surface area contributed by atoms with Gasteiger partial charge in [-0.1, -0.05) is 18.2 Å². The van der Waals surface area contributed by atoms with Gasteiger partial charge in [0.05, 0.1) is 0 Å². The van der Waals surface area contributed by atoms with Crippen LogP contribution in [0.2, 0.25) is 0 Å². The Morgan fingerprint density at radius 1 is 1.38 bits per heavy atom. The maximum atomic E-state index is 10.6. The van der Waals surface area contributed by atoms with E-state index in [1.807, 2.05) is 19.1 Å². The molecule has 0 bridgehead atoms. The third-order valence-electron chi connectivity index (χ3n) is 1.45. The van der Waals surface area contributed by atoms with Crippen LogP contribution in [0.3, 0.4) is 0 Å². The molecule has 1 aromatic carbocycles. The SMILES string of the molecule is Cc1ccccc1OCS(=O)(=O)Cl. The lowest BCUT2D eigenvalue weighted by Crippen LogP contribution is -2.05. The highest BCUT2D eigenvalue weighted by atomic mass is 35.7. The number of ether oxygens (including phenoxy) is 1. The van der Waals surface area contributed by atoms with Gasteiger partial charge >= 0.3 is 0 Å². The molecule has 0 aromatic heterocycles. The van der Waals surface area contributed by atoms with E-state index in [4.69, 9.17) is 15.4 Å². The Hall–Kier alpha value is -0.740. The van der Waals surface area contributed by atoms with Crippen molar-refractivity contribution < 1.29 is 13.2 Å². The monoisotopic (exact) mass is 220 g/mol. The van der Waals surface area contributed by atoms with Crippen molar-refractivity contribution in [3.05, 3.63) is 29.8 Å². The van der Waals surface area contributed by atoms with Crippen LogP contribution in [-0.4, -0.2) is 14.4 Å². The first kappa shape index (κ1) is 10.3. The zero-order valence-corrected chi connectivity index (χ0v) is 8.60. The van der Waals surface area contributed by atoms with Gasteiger partial charge in [0.2, 0.25) is 5.94 Å². The Kier molecular flexibility index (Phi) is 3.17. The van der Waals surface area contributed by atoms with Gasteiger partial charge in [0, 0.05) is 10.7 Å². The summed E-state index contributed by atoms with van der Waals surface area (Å²) in [5.41, 5.74) is 0.878. The first-order chi connectivity index (χ1) is 5.99. The van der Waals surface area contributed by atoms with Crippen LogP contribution in [0.1, 0.15) is 5.56 Å². The molecular formula is C8H9ClO3S. The van der Waals surface area contributed by atoms with Gasteiger partial charge in [-0.25, -0.2) is 8.42 Å². The Morgan fingerprint density at radius 2 is 2.00 bits per heavy atom. The molecule has 0 heterocycles. The molecule has 0 aliphatic rings. The van der Waals surface area contributed by atoms with Crippen LogP contribution >= 0.6 is 10.7 Å². The summed E-state index contributed by atoms with van der Waals surface area (Å²) in [6, 6.07) is 7.13. The van der Waals surface area contributed by atoms with E-state index in [0.29, 0.717) is 5.75 Å². The molecule has 13 heavy (non-hydrogen) atoms. The Morgan fingerprint density at radius 3 is 2.54 bits per heavy atom. The van der Waals surface area contributed by atoms with E-state index in [1.165, 1.54) is 0 Å². The van der Waals surface area contributed by atoms with Crippen molar-refractivity contribution >= 4 is 19.7 Å². The second-order valence-corrected chi connectivity index (χ2v) is 5.29. The summed E-state index contributed by atoms with van der Waals surface area (Å²) in [7, 11) is 1.39. The van der Waals surface area contributed by atoms with Crippen molar-refractivity contribution in [1.29, 1.82) is 0 Å². The van der Waals surface area contributed by atoms with Gasteiger partial charge in [-0.3, -0.25) is 0 Å². The Balaban J connectivity index is 2.71. The van der Waals surface area contributed by atoms with E-state index in [1.54, 1.807) is 12.1 Å². The normalized spacial score (nSPS) is 11.2. The molecule has 0 spiro atoms. The predicted octanol–water partition coefficient (Wildman–Crippen LogP) is 1.90. The summed E-state index contributed by atoms with van der Waals surface area (Å²) in [5.74, 6) is 0.0334. The van der Waals surface area contributed by atoms with Crippen LogP contribution in [0.4, 0.5) is 0 Å². The topological polar surface area (TPSA) is 43.4 Å². The number of benzene rings is 1. The molecule has 0 radical (unpaired) electrons. The largest absolute Gasteiger partial charge is 0.476 e. The Bertz CT molecular complexity index is 386. The molecule has 0 fully saturated rings. The van der Waals surface area contributed by atoms with Crippen molar-refractivity contribution in [2.24, 2.45) is 0 Å². The van der Waals surface area contributed by atoms with E-state index in [9.17, 15) is 8.42 Å². The highest BCUT2D eigenvalue weighted by Crippen LogP contribution is 2.16. The molecule has 0 unspecified atom stereocenters. The molecule has 0 saturated heterocycles. The molecule has 1 rings (SSSR count). The second-order valence-electron chi connectivity index (χ2n) is 2.57. The van der Waals surface area contributed by atoms with Gasteiger partial charge in [-0.15, -0.1) is 0 Å². The van der Waals surface area contributed by atoms with Crippen LogP contribution in [0.25, 0.3) is 0 Å². The van der Waals surface area contributed by atoms with Gasteiger partial charge in [0.1, 0.15) is 5.75 Å². The molecule has 0 aliphatic heterocycles. The third-order valence-corrected chi connectivity index (χ3v) is 2.12. The molecule has 0 aliphatic carbocycles. The maximum Gasteiger partial charge on any atom is 0.267 e. The zero-order chi connectivity index (χ0) is 9.90. The molecule has 3 nitrogen and oxygen atoms in total. The van der Waals surface area contributed by atoms with Crippen LogP contribution < -0.4 is 4.74 Å². The average Bonchev–Trinajstić information content (AvgIpc) is 2.01. The fourth-order valence-corrected chi connectivity index (χ4v) is 1.25. The number of hydrogen-bond acceptors (Lipinski definition) is 3. The van der Waals surface area contributed by atoms with Gasteiger partial charge in [0.15, 0.2) is 0 Å². The molecule has 72 valence electrons. The van der Waals surface area contributed by atoms with Crippen LogP contribution in [0, 0.1) is 6.92 Å². The molecule has 0 N–H and O–H groups in total. The van der Waals surface area contributed by atoms with Gasteiger partial charge in [0.25, 0.3) is 9.05 Å². The number of hydrogen-bond donors (Lipinski definition) is 0. The van der Waals surface area contributed by atoms with E-state index >= 15 is 0 Å². The highest BCUT2D eigenvalue weighted by molar-refractivity contribution is 8.13. The zero-order valence-electron chi connectivity index (χ0n) is 7.03. The first-order valence-corrected chi connectivity index (χ1v) is 6.07. The second kappa shape index (κ2) is 3.98. The van der Waals surface area contributed by atoms with Crippen molar-refractivity contribution in [2.75, 3.05) is 5.94 Å². The summed E-state index contributed by atoms with van der Waals surface area (Å²) in [6.45, 7) is 1.83. The molecule has 0 amide bonds. The molecule has 1 aromatic rings. The molecular weight excluding hydrogens is 212 g/mol. The molecule has 5 heteroatoms. The van der Waals surface area contributed by atoms with Crippen LogP contribution in [-0.2, 0) is 9.05 Å². The standard InChI is InChI=1S/C8H9ClO3S/c1-7-4-2-3-5-8(7)12-6-13(9,10)11/h2-5H,6H2,1H3. The lowest BCUT2D eigenvalue weighted by molar-refractivity contribution is 0.377. The smallest absolute Gasteiger partial charge is 0.267 e. The lowest BCUT2D eigenvalue weighted by atomic mass is 10.2. The minimum atomic E-state index is -3.59. The lowest BCUT2D eigenvalue weighted by Gasteiger charge is -2.05. The van der Waals surface area contributed by atoms with Crippen molar-refractivity contribution in [3.63, 3.8) is 0 Å². The average molecular weight is 221 g/mol. The summed E-state index contributed by atoms with van der Waals surface area (Å²) < 4.78 is 26.1. The minimum absolute atomic E-state index is 0.501. The predicted molar refractivity (Wildman–Crippen MR) is 51.4 cm³/mol. The highest BCUT2D eigenvalue weighted by Gasteiger charge is 2.06. The van der Waals surface area contributed by atoms with Gasteiger partial charge < -0.3 is 4.74 Å². The Labute approximate surface area is 81.7 Å². The van der Waals surface area contributed by atoms with E-state index in [2.05, 4.69) is 0 Å². The van der Waals surface area contributed by atoms with Crippen LogP contribution in [0.15, 0.2) is 24.3 Å². The number of aryl methyl sites for hydroxylation is 1. The van der Waals surface area contributed by atoms with Crippen molar-refractivity contribution in [2.45, 2.75) is 6.92 Å². The summed E-state index contributed by atoms with van der Waals surface area (Å²) in [4.78, 5) is 0. The number of para-hydroxylation sites is 1.